The number of halogens is 1. The largest absolute Gasteiger partial charge is 0.454 e. The summed E-state index contributed by atoms with van der Waals surface area (Å²) in [6.07, 6.45) is 1.65. The van der Waals surface area contributed by atoms with Crippen molar-refractivity contribution in [3.63, 3.8) is 0 Å². The summed E-state index contributed by atoms with van der Waals surface area (Å²) >= 11 is 6.27. The zero-order chi connectivity index (χ0) is 23.0. The van der Waals surface area contributed by atoms with E-state index in [1.165, 1.54) is 0 Å². The molecule has 2 aliphatic heterocycles. The number of rotatable bonds is 5. The van der Waals surface area contributed by atoms with E-state index in [0.29, 0.717) is 30.3 Å². The van der Waals surface area contributed by atoms with Crippen LogP contribution in [0.15, 0.2) is 42.5 Å². The van der Waals surface area contributed by atoms with Crippen LogP contribution >= 0.6 is 11.6 Å². The van der Waals surface area contributed by atoms with Crippen molar-refractivity contribution in [2.45, 2.75) is 32.1 Å². The maximum atomic E-state index is 13.0. The molecule has 8 heteroatoms. The molecule has 0 atom stereocenters. The molecule has 5 rings (SSSR count). The lowest BCUT2D eigenvalue weighted by Crippen LogP contribution is -2.44. The summed E-state index contributed by atoms with van der Waals surface area (Å²) in [5, 5.41) is 8.28. The average molecular weight is 468 g/mol. The Bertz CT molecular complexity index is 1180. The smallest absolute Gasteiger partial charge is 0.251 e. The van der Waals surface area contributed by atoms with Gasteiger partial charge in [0.1, 0.15) is 0 Å². The topological polar surface area (TPSA) is 74.6 Å². The first-order valence-corrected chi connectivity index (χ1v) is 11.4. The third kappa shape index (κ3) is 4.07. The highest BCUT2D eigenvalue weighted by Gasteiger charge is 2.36. The molecule has 2 aliphatic rings. The van der Waals surface area contributed by atoms with Gasteiger partial charge in [-0.3, -0.25) is 4.79 Å². The normalized spacial score (nSPS) is 16.6. The van der Waals surface area contributed by atoms with E-state index in [-0.39, 0.29) is 18.1 Å². The first-order valence-electron chi connectivity index (χ1n) is 11.1. The van der Waals surface area contributed by atoms with E-state index in [2.05, 4.69) is 16.5 Å². The second-order valence-electron chi connectivity index (χ2n) is 8.59. The molecule has 0 bridgehead atoms. The number of carbonyl (C=O) groups excluding carboxylic acids is 1. The van der Waals surface area contributed by atoms with Gasteiger partial charge in [-0.2, -0.15) is 5.10 Å². The van der Waals surface area contributed by atoms with Gasteiger partial charge in [0.2, 0.25) is 6.79 Å². The maximum absolute atomic E-state index is 13.0. The maximum Gasteiger partial charge on any atom is 0.251 e. The Kier molecular flexibility index (Phi) is 5.76. The third-order valence-electron chi connectivity index (χ3n) is 6.60. The van der Waals surface area contributed by atoms with Gasteiger partial charge in [-0.1, -0.05) is 17.7 Å². The van der Waals surface area contributed by atoms with Crippen molar-refractivity contribution < 1.29 is 19.0 Å². The molecule has 33 heavy (non-hydrogen) atoms. The van der Waals surface area contributed by atoms with Crippen LogP contribution in [-0.2, 0) is 10.2 Å². The Morgan fingerprint density at radius 3 is 2.52 bits per heavy atom. The van der Waals surface area contributed by atoms with Crippen LogP contribution in [0.3, 0.4) is 0 Å². The first kappa shape index (κ1) is 21.8. The van der Waals surface area contributed by atoms with Crippen LogP contribution in [0.4, 0.5) is 0 Å². The second kappa shape index (κ2) is 8.72. The summed E-state index contributed by atoms with van der Waals surface area (Å²) in [7, 11) is 0. The molecular weight excluding hydrogens is 442 g/mol. The van der Waals surface area contributed by atoms with Crippen LogP contribution in [0.25, 0.3) is 5.69 Å². The van der Waals surface area contributed by atoms with Gasteiger partial charge in [-0.15, -0.1) is 0 Å². The SMILES string of the molecule is Cc1nn(-c2ccc(C(=O)NCC3(c4ccc5c(c4)OCO5)CCOCC3)cc2)c(C)c1Cl. The van der Waals surface area contributed by atoms with Gasteiger partial charge < -0.3 is 19.5 Å². The minimum Gasteiger partial charge on any atom is -0.454 e. The highest BCUT2D eigenvalue weighted by molar-refractivity contribution is 6.31. The molecule has 7 nitrogen and oxygen atoms in total. The van der Waals surface area contributed by atoms with E-state index in [0.717, 1.165) is 47.0 Å². The Morgan fingerprint density at radius 1 is 1.09 bits per heavy atom. The lowest BCUT2D eigenvalue weighted by molar-refractivity contribution is 0.0486. The van der Waals surface area contributed by atoms with E-state index in [9.17, 15) is 4.79 Å². The molecule has 3 heterocycles. The molecule has 1 aromatic heterocycles. The number of carbonyl (C=O) groups is 1. The Labute approximate surface area is 197 Å². The Balaban J connectivity index is 1.32. The van der Waals surface area contributed by atoms with Crippen LogP contribution < -0.4 is 14.8 Å². The number of amides is 1. The lowest BCUT2D eigenvalue weighted by atomic mass is 9.74. The molecule has 2 aromatic carbocycles. The molecule has 1 amide bonds. The number of nitrogens with zero attached hydrogens (tertiary/aromatic N) is 2. The molecule has 0 unspecified atom stereocenters. The summed E-state index contributed by atoms with van der Waals surface area (Å²) < 4.78 is 18.4. The number of ether oxygens (including phenoxy) is 3. The average Bonchev–Trinajstić information content (AvgIpc) is 3.43. The predicted molar refractivity (Wildman–Crippen MR) is 125 cm³/mol. The number of hydrogen-bond acceptors (Lipinski definition) is 5. The van der Waals surface area contributed by atoms with Crippen molar-refractivity contribution in [1.29, 1.82) is 0 Å². The third-order valence-corrected chi connectivity index (χ3v) is 7.15. The van der Waals surface area contributed by atoms with Gasteiger partial charge in [-0.25, -0.2) is 4.68 Å². The Morgan fingerprint density at radius 2 is 1.82 bits per heavy atom. The van der Waals surface area contributed by atoms with Crippen molar-refractivity contribution >= 4 is 17.5 Å². The predicted octanol–water partition coefficient (Wildman–Crippen LogP) is 4.35. The lowest BCUT2D eigenvalue weighted by Gasteiger charge is -2.38. The molecule has 1 N–H and O–H groups in total. The highest BCUT2D eigenvalue weighted by Crippen LogP contribution is 2.40. The molecule has 1 fully saturated rings. The van der Waals surface area contributed by atoms with Crippen molar-refractivity contribution in [2.75, 3.05) is 26.6 Å². The molecule has 172 valence electrons. The number of fused-ring (bicyclic) bond motifs is 1. The second-order valence-corrected chi connectivity index (χ2v) is 8.96. The van der Waals surface area contributed by atoms with Gasteiger partial charge >= 0.3 is 0 Å². The van der Waals surface area contributed by atoms with Gasteiger partial charge in [-0.05, 0) is 68.7 Å². The van der Waals surface area contributed by atoms with Crippen molar-refractivity contribution in [3.05, 3.63) is 70.0 Å². The van der Waals surface area contributed by atoms with Crippen molar-refractivity contribution in [2.24, 2.45) is 0 Å². The molecule has 3 aromatic rings. The highest BCUT2D eigenvalue weighted by atomic mass is 35.5. The summed E-state index contributed by atoms with van der Waals surface area (Å²) in [6.45, 7) is 5.87. The zero-order valence-corrected chi connectivity index (χ0v) is 19.4. The molecule has 1 saturated heterocycles. The fourth-order valence-corrected chi connectivity index (χ4v) is 4.65. The number of benzene rings is 2. The van der Waals surface area contributed by atoms with Gasteiger partial charge in [0.25, 0.3) is 5.91 Å². The standard InChI is InChI=1S/C25H26ClN3O4/c1-16-23(26)17(2)29(28-16)20-6-3-18(4-7-20)24(30)27-14-25(9-11-31-12-10-25)19-5-8-21-22(13-19)33-15-32-21/h3-8,13H,9-12,14-15H2,1-2H3,(H,27,30). The van der Waals surface area contributed by atoms with Gasteiger partial charge in [0.05, 0.1) is 22.1 Å². The van der Waals surface area contributed by atoms with Crippen molar-refractivity contribution in [3.8, 4) is 17.2 Å². The van der Waals surface area contributed by atoms with Crippen LogP contribution in [0.2, 0.25) is 5.02 Å². The number of hydrogen-bond donors (Lipinski definition) is 1. The molecular formula is C25H26ClN3O4. The van der Waals surface area contributed by atoms with Gasteiger partial charge in [0.15, 0.2) is 11.5 Å². The minimum absolute atomic E-state index is 0.112. The van der Waals surface area contributed by atoms with E-state index >= 15 is 0 Å². The first-order chi connectivity index (χ1) is 16.0. The fraction of sp³-hybridized carbons (Fsp3) is 0.360. The summed E-state index contributed by atoms with van der Waals surface area (Å²) in [6, 6.07) is 13.4. The van der Waals surface area contributed by atoms with E-state index < -0.39 is 0 Å². The van der Waals surface area contributed by atoms with Crippen LogP contribution in [0, 0.1) is 13.8 Å². The zero-order valence-electron chi connectivity index (χ0n) is 18.7. The summed E-state index contributed by atoms with van der Waals surface area (Å²) in [4.78, 5) is 13.0. The Hall–Kier alpha value is -3.03. The fourth-order valence-electron chi connectivity index (χ4n) is 4.54. The van der Waals surface area contributed by atoms with Crippen molar-refractivity contribution in [1.82, 2.24) is 15.1 Å². The van der Waals surface area contributed by atoms with Crippen LogP contribution in [0.5, 0.6) is 11.5 Å². The minimum atomic E-state index is -0.213. The number of aromatic nitrogens is 2. The van der Waals surface area contributed by atoms with E-state index in [1.807, 2.05) is 50.2 Å². The monoisotopic (exact) mass is 467 g/mol. The summed E-state index contributed by atoms with van der Waals surface area (Å²) in [5.74, 6) is 1.40. The molecule has 0 saturated carbocycles. The molecule has 0 radical (unpaired) electrons. The number of nitrogens with one attached hydrogen (secondary N) is 1. The quantitative estimate of drug-likeness (QED) is 0.603. The van der Waals surface area contributed by atoms with Crippen LogP contribution in [-0.4, -0.2) is 42.2 Å². The van der Waals surface area contributed by atoms with Gasteiger partial charge in [0, 0.05) is 30.7 Å². The van der Waals surface area contributed by atoms with E-state index in [4.69, 9.17) is 25.8 Å². The summed E-state index contributed by atoms with van der Waals surface area (Å²) in [5.41, 5.74) is 4.03. The van der Waals surface area contributed by atoms with Crippen LogP contribution in [0.1, 0.15) is 40.2 Å². The molecule has 0 spiro atoms. The van der Waals surface area contributed by atoms with E-state index in [1.54, 1.807) is 4.68 Å². The number of aryl methyl sites for hydroxylation is 1. The molecule has 0 aliphatic carbocycles.